The lowest BCUT2D eigenvalue weighted by Crippen LogP contribution is -2.35. The SMILES string of the molecule is CCCS(=O)(=O)c1ccc(C(C)=O)c(N2CCC3(CC2)CC3)c1. The first-order valence-electron chi connectivity index (χ1n) is 8.50. The highest BCUT2D eigenvalue weighted by atomic mass is 32.2. The van der Waals surface area contributed by atoms with Gasteiger partial charge in [-0.3, -0.25) is 4.79 Å². The molecule has 3 rings (SSSR count). The molecule has 0 N–H and O–H groups in total. The van der Waals surface area contributed by atoms with Gasteiger partial charge in [0.05, 0.1) is 10.6 Å². The van der Waals surface area contributed by atoms with Crippen molar-refractivity contribution in [3.63, 3.8) is 0 Å². The van der Waals surface area contributed by atoms with Gasteiger partial charge in [-0.05, 0) is 62.6 Å². The van der Waals surface area contributed by atoms with Crippen LogP contribution in [0.15, 0.2) is 23.1 Å². The number of Topliss-reactive ketones (excluding diaryl/α,β-unsaturated/α-hetero) is 1. The highest BCUT2D eigenvalue weighted by Gasteiger charge is 2.44. The molecule has 126 valence electrons. The average Bonchev–Trinajstić information content (AvgIpc) is 3.26. The zero-order valence-electron chi connectivity index (χ0n) is 14.0. The van der Waals surface area contributed by atoms with Crippen LogP contribution in [0.3, 0.4) is 0 Å². The van der Waals surface area contributed by atoms with Gasteiger partial charge in [-0.1, -0.05) is 6.92 Å². The highest BCUT2D eigenvalue weighted by Crippen LogP contribution is 2.54. The maximum Gasteiger partial charge on any atom is 0.178 e. The molecule has 0 radical (unpaired) electrons. The first-order chi connectivity index (χ1) is 10.9. The van der Waals surface area contributed by atoms with Crippen molar-refractivity contribution in [1.82, 2.24) is 0 Å². The largest absolute Gasteiger partial charge is 0.371 e. The molecule has 1 heterocycles. The van der Waals surface area contributed by atoms with Crippen molar-refractivity contribution in [1.29, 1.82) is 0 Å². The zero-order chi connectivity index (χ0) is 16.7. The van der Waals surface area contributed by atoms with E-state index in [-0.39, 0.29) is 11.5 Å². The van der Waals surface area contributed by atoms with Crippen LogP contribution in [0.25, 0.3) is 0 Å². The monoisotopic (exact) mass is 335 g/mol. The Labute approximate surface area is 138 Å². The molecule has 0 aromatic heterocycles. The Kier molecular flexibility index (Phi) is 4.25. The van der Waals surface area contributed by atoms with Crippen molar-refractivity contribution in [2.24, 2.45) is 5.41 Å². The third kappa shape index (κ3) is 3.30. The average molecular weight is 335 g/mol. The molecule has 23 heavy (non-hydrogen) atoms. The van der Waals surface area contributed by atoms with Gasteiger partial charge in [-0.15, -0.1) is 0 Å². The molecule has 1 aliphatic carbocycles. The highest BCUT2D eigenvalue weighted by molar-refractivity contribution is 7.91. The quantitative estimate of drug-likeness (QED) is 0.773. The number of ketones is 1. The molecule has 1 saturated heterocycles. The molecule has 0 unspecified atom stereocenters. The summed E-state index contributed by atoms with van der Waals surface area (Å²) in [5.41, 5.74) is 1.98. The molecule has 5 heteroatoms. The van der Waals surface area contributed by atoms with Gasteiger partial charge < -0.3 is 4.90 Å². The summed E-state index contributed by atoms with van der Waals surface area (Å²) in [7, 11) is -3.26. The van der Waals surface area contributed by atoms with E-state index in [0.717, 1.165) is 31.6 Å². The lowest BCUT2D eigenvalue weighted by atomic mass is 9.93. The Hall–Kier alpha value is -1.36. The molecule has 0 amide bonds. The number of hydrogen-bond acceptors (Lipinski definition) is 4. The Morgan fingerprint density at radius 3 is 2.35 bits per heavy atom. The second-order valence-corrected chi connectivity index (χ2v) is 9.15. The molecule has 1 saturated carbocycles. The summed E-state index contributed by atoms with van der Waals surface area (Å²) in [4.78, 5) is 14.5. The maximum atomic E-state index is 12.4. The minimum atomic E-state index is -3.26. The summed E-state index contributed by atoms with van der Waals surface area (Å²) in [5.74, 6) is 0.140. The van der Waals surface area contributed by atoms with E-state index in [1.807, 2.05) is 6.92 Å². The Balaban J connectivity index is 1.94. The van der Waals surface area contributed by atoms with E-state index in [9.17, 15) is 13.2 Å². The first kappa shape index (κ1) is 16.5. The number of sulfone groups is 1. The number of carbonyl (C=O) groups is 1. The summed E-state index contributed by atoms with van der Waals surface area (Å²) >= 11 is 0. The summed E-state index contributed by atoms with van der Waals surface area (Å²) in [5, 5.41) is 0. The van der Waals surface area contributed by atoms with E-state index in [4.69, 9.17) is 0 Å². The fraction of sp³-hybridized carbons (Fsp3) is 0.611. The third-order valence-electron chi connectivity index (χ3n) is 5.30. The van der Waals surface area contributed by atoms with Gasteiger partial charge in [-0.2, -0.15) is 0 Å². The van der Waals surface area contributed by atoms with Gasteiger partial charge in [0, 0.05) is 24.3 Å². The van der Waals surface area contributed by atoms with E-state index < -0.39 is 9.84 Å². The van der Waals surface area contributed by atoms with Crippen LogP contribution < -0.4 is 4.90 Å². The molecule has 0 bridgehead atoms. The van der Waals surface area contributed by atoms with Crippen molar-refractivity contribution in [3.05, 3.63) is 23.8 Å². The van der Waals surface area contributed by atoms with Crippen molar-refractivity contribution in [2.75, 3.05) is 23.7 Å². The summed E-state index contributed by atoms with van der Waals surface area (Å²) < 4.78 is 24.7. The molecule has 2 aliphatic rings. The lowest BCUT2D eigenvalue weighted by molar-refractivity contribution is 0.101. The van der Waals surface area contributed by atoms with Crippen LogP contribution in [0.4, 0.5) is 5.69 Å². The minimum Gasteiger partial charge on any atom is -0.371 e. The molecule has 1 spiro atoms. The number of nitrogens with zero attached hydrogens (tertiary/aromatic N) is 1. The number of carbonyl (C=O) groups excluding carboxylic acids is 1. The maximum absolute atomic E-state index is 12.4. The summed E-state index contributed by atoms with van der Waals surface area (Å²) in [6.45, 7) is 5.24. The minimum absolute atomic E-state index is 0.00820. The van der Waals surface area contributed by atoms with Gasteiger partial charge in [0.2, 0.25) is 0 Å². The van der Waals surface area contributed by atoms with Crippen LogP contribution >= 0.6 is 0 Å². The number of benzene rings is 1. The standard InChI is InChI=1S/C18H25NO3S/c1-3-12-23(21,22)15-4-5-16(14(2)20)17(13-15)19-10-8-18(6-7-18)9-11-19/h4-5,13H,3,6-12H2,1-2H3. The smallest absolute Gasteiger partial charge is 0.178 e. The topological polar surface area (TPSA) is 54.5 Å². The molecule has 2 fully saturated rings. The van der Waals surface area contributed by atoms with Gasteiger partial charge in [0.1, 0.15) is 0 Å². The Bertz CT molecular complexity index is 710. The second kappa shape index (κ2) is 5.93. The van der Waals surface area contributed by atoms with Gasteiger partial charge >= 0.3 is 0 Å². The summed E-state index contributed by atoms with van der Waals surface area (Å²) in [6, 6.07) is 4.98. The molecular formula is C18H25NO3S. The molecule has 4 nitrogen and oxygen atoms in total. The van der Waals surface area contributed by atoms with E-state index in [2.05, 4.69) is 4.90 Å². The fourth-order valence-electron chi connectivity index (χ4n) is 3.55. The number of anilines is 1. The lowest BCUT2D eigenvalue weighted by Gasteiger charge is -2.35. The predicted molar refractivity (Wildman–Crippen MR) is 91.9 cm³/mol. The van der Waals surface area contributed by atoms with Crippen LogP contribution in [0.1, 0.15) is 56.3 Å². The van der Waals surface area contributed by atoms with Crippen molar-refractivity contribution in [2.45, 2.75) is 50.8 Å². The van der Waals surface area contributed by atoms with Crippen LogP contribution in [-0.2, 0) is 9.84 Å². The third-order valence-corrected chi connectivity index (χ3v) is 7.22. The van der Waals surface area contributed by atoms with Gasteiger partial charge in [-0.25, -0.2) is 8.42 Å². The van der Waals surface area contributed by atoms with Crippen molar-refractivity contribution < 1.29 is 13.2 Å². The Morgan fingerprint density at radius 1 is 1.17 bits per heavy atom. The van der Waals surface area contributed by atoms with E-state index >= 15 is 0 Å². The van der Waals surface area contributed by atoms with Crippen LogP contribution in [0.5, 0.6) is 0 Å². The van der Waals surface area contributed by atoms with Crippen molar-refractivity contribution >= 4 is 21.3 Å². The van der Waals surface area contributed by atoms with E-state index in [1.165, 1.54) is 12.8 Å². The van der Waals surface area contributed by atoms with Crippen LogP contribution in [-0.4, -0.2) is 33.0 Å². The van der Waals surface area contributed by atoms with Gasteiger partial charge in [0.25, 0.3) is 0 Å². The fourth-order valence-corrected chi connectivity index (χ4v) is 4.89. The van der Waals surface area contributed by atoms with Crippen LogP contribution in [0.2, 0.25) is 0 Å². The second-order valence-electron chi connectivity index (χ2n) is 7.04. The van der Waals surface area contributed by atoms with Crippen molar-refractivity contribution in [3.8, 4) is 0 Å². The molecule has 1 aliphatic heterocycles. The molecule has 0 atom stereocenters. The number of rotatable bonds is 5. The Morgan fingerprint density at radius 2 is 1.83 bits per heavy atom. The predicted octanol–water partition coefficient (Wildman–Crippen LogP) is 3.45. The normalized spacial score (nSPS) is 19.8. The number of hydrogen-bond donors (Lipinski definition) is 0. The van der Waals surface area contributed by atoms with Crippen LogP contribution in [0, 0.1) is 5.41 Å². The van der Waals surface area contributed by atoms with Gasteiger partial charge in [0.15, 0.2) is 15.6 Å². The zero-order valence-corrected chi connectivity index (χ0v) is 14.8. The molecule has 1 aromatic rings. The molecule has 1 aromatic carbocycles. The summed E-state index contributed by atoms with van der Waals surface area (Å²) in [6.07, 6.45) is 5.54. The molecular weight excluding hydrogens is 310 g/mol. The van der Waals surface area contributed by atoms with E-state index in [1.54, 1.807) is 25.1 Å². The number of piperidine rings is 1. The van der Waals surface area contributed by atoms with E-state index in [0.29, 0.717) is 22.3 Å². The first-order valence-corrected chi connectivity index (χ1v) is 10.1.